The van der Waals surface area contributed by atoms with Crippen LogP contribution in [0.15, 0.2) is 54.6 Å². The Hall–Kier alpha value is -2.76. The second-order valence-corrected chi connectivity index (χ2v) is 7.61. The van der Waals surface area contributed by atoms with Crippen molar-refractivity contribution < 1.29 is 4.74 Å². The lowest BCUT2D eigenvalue weighted by Gasteiger charge is -2.29. The van der Waals surface area contributed by atoms with E-state index in [0.29, 0.717) is 0 Å². The Kier molecular flexibility index (Phi) is 4.32. The van der Waals surface area contributed by atoms with Gasteiger partial charge in [0.05, 0.1) is 28.9 Å². The van der Waals surface area contributed by atoms with Gasteiger partial charge in [-0.2, -0.15) is 0 Å². The fraction of sp³-hybridized carbons (Fsp3) is 0.182. The summed E-state index contributed by atoms with van der Waals surface area (Å²) < 4.78 is 6.73. The Morgan fingerprint density at radius 3 is 2.52 bits per heavy atom. The van der Waals surface area contributed by atoms with Crippen LogP contribution in [0.1, 0.15) is 10.6 Å². The summed E-state index contributed by atoms with van der Waals surface area (Å²) in [6.45, 7) is 3.23. The number of benzene rings is 2. The molecular weight excluding hydrogens is 354 g/mol. The molecule has 2 aromatic heterocycles. The molecule has 0 bridgehead atoms. The molecule has 27 heavy (non-hydrogen) atoms. The van der Waals surface area contributed by atoms with Crippen molar-refractivity contribution in [1.29, 1.82) is 0 Å². The molecule has 5 rings (SSSR count). The van der Waals surface area contributed by atoms with Crippen LogP contribution in [0.5, 0.6) is 0 Å². The number of hydrogen-bond acceptors (Lipinski definition) is 5. The van der Waals surface area contributed by atoms with E-state index >= 15 is 0 Å². The van der Waals surface area contributed by atoms with Gasteiger partial charge < -0.3 is 9.64 Å². The first-order chi connectivity index (χ1) is 13.4. The van der Waals surface area contributed by atoms with Crippen LogP contribution < -0.4 is 4.90 Å². The molecule has 0 N–H and O–H groups in total. The zero-order valence-corrected chi connectivity index (χ0v) is 15.7. The van der Waals surface area contributed by atoms with Crippen LogP contribution >= 0.6 is 11.3 Å². The standard InChI is InChI=1S/C22H19N3OS/c1-2-6-18-16(5-1)15-17(22(24-18)25-11-13-26-14-12-25)9-10-21-23-19-7-3-4-8-20(19)27-21/h1-10,15H,11-14H2. The van der Waals surface area contributed by atoms with Crippen molar-refractivity contribution in [1.82, 2.24) is 9.97 Å². The Bertz CT molecular complexity index is 1100. The van der Waals surface area contributed by atoms with E-state index in [-0.39, 0.29) is 0 Å². The molecule has 1 saturated heterocycles. The Morgan fingerprint density at radius 1 is 0.889 bits per heavy atom. The summed E-state index contributed by atoms with van der Waals surface area (Å²) in [7, 11) is 0. The number of thiazole rings is 1. The van der Waals surface area contributed by atoms with E-state index in [0.717, 1.165) is 59.1 Å². The zero-order chi connectivity index (χ0) is 18.1. The number of hydrogen-bond donors (Lipinski definition) is 0. The first kappa shape index (κ1) is 16.4. The average molecular weight is 373 g/mol. The average Bonchev–Trinajstić information content (AvgIpc) is 3.15. The number of rotatable bonds is 3. The molecule has 0 aliphatic carbocycles. The van der Waals surface area contributed by atoms with Gasteiger partial charge >= 0.3 is 0 Å². The minimum absolute atomic E-state index is 0.746. The molecule has 5 heteroatoms. The summed E-state index contributed by atoms with van der Waals surface area (Å²) in [5, 5.41) is 2.16. The molecule has 3 heterocycles. The molecule has 1 aliphatic rings. The number of fused-ring (bicyclic) bond motifs is 2. The summed E-state index contributed by atoms with van der Waals surface area (Å²) in [5.74, 6) is 1.02. The van der Waals surface area contributed by atoms with Crippen LogP contribution in [0.25, 0.3) is 33.3 Å². The van der Waals surface area contributed by atoms with Crippen LogP contribution in [0.3, 0.4) is 0 Å². The van der Waals surface area contributed by atoms with Gasteiger partial charge in [0.2, 0.25) is 0 Å². The van der Waals surface area contributed by atoms with E-state index in [4.69, 9.17) is 14.7 Å². The molecule has 0 atom stereocenters. The quantitative estimate of drug-likeness (QED) is 0.514. The summed E-state index contributed by atoms with van der Waals surface area (Å²) in [6, 6.07) is 18.7. The Balaban J connectivity index is 1.57. The van der Waals surface area contributed by atoms with Crippen LogP contribution in [-0.4, -0.2) is 36.3 Å². The number of para-hydroxylation sites is 2. The van der Waals surface area contributed by atoms with E-state index in [2.05, 4.69) is 59.5 Å². The van der Waals surface area contributed by atoms with E-state index in [1.165, 1.54) is 4.70 Å². The van der Waals surface area contributed by atoms with Gasteiger partial charge in [-0.05, 0) is 36.4 Å². The maximum atomic E-state index is 5.52. The topological polar surface area (TPSA) is 38.2 Å². The number of aromatic nitrogens is 2. The first-order valence-electron chi connectivity index (χ1n) is 9.13. The van der Waals surface area contributed by atoms with Crippen molar-refractivity contribution >= 4 is 50.4 Å². The van der Waals surface area contributed by atoms with Gasteiger partial charge in [-0.15, -0.1) is 11.3 Å². The predicted molar refractivity (Wildman–Crippen MR) is 113 cm³/mol. The van der Waals surface area contributed by atoms with Gasteiger partial charge in [-0.3, -0.25) is 0 Å². The van der Waals surface area contributed by atoms with Gasteiger partial charge in [-0.25, -0.2) is 9.97 Å². The third-order valence-corrected chi connectivity index (χ3v) is 5.76. The number of morpholine rings is 1. The Labute approximate surface area is 161 Å². The van der Waals surface area contributed by atoms with Crippen molar-refractivity contribution in [2.75, 3.05) is 31.2 Å². The van der Waals surface area contributed by atoms with Gasteiger partial charge in [-0.1, -0.05) is 30.3 Å². The zero-order valence-electron chi connectivity index (χ0n) is 14.8. The van der Waals surface area contributed by atoms with Gasteiger partial charge in [0.25, 0.3) is 0 Å². The molecule has 134 valence electrons. The highest BCUT2D eigenvalue weighted by atomic mass is 32.1. The lowest BCUT2D eigenvalue weighted by Crippen LogP contribution is -2.37. The molecule has 0 saturated carbocycles. The smallest absolute Gasteiger partial charge is 0.136 e. The molecule has 1 fully saturated rings. The molecule has 0 radical (unpaired) electrons. The summed E-state index contributed by atoms with van der Waals surface area (Å²) >= 11 is 1.71. The fourth-order valence-electron chi connectivity index (χ4n) is 3.40. The number of nitrogens with zero attached hydrogens (tertiary/aromatic N) is 3. The van der Waals surface area contributed by atoms with Crippen LogP contribution in [0.2, 0.25) is 0 Å². The molecule has 0 spiro atoms. The van der Waals surface area contributed by atoms with E-state index in [1.54, 1.807) is 11.3 Å². The van der Waals surface area contributed by atoms with Gasteiger partial charge in [0.1, 0.15) is 10.8 Å². The fourth-order valence-corrected chi connectivity index (χ4v) is 4.27. The lowest BCUT2D eigenvalue weighted by molar-refractivity contribution is 0.122. The summed E-state index contributed by atoms with van der Waals surface area (Å²) in [4.78, 5) is 12.0. The molecule has 1 aliphatic heterocycles. The molecule has 2 aromatic carbocycles. The highest BCUT2D eigenvalue weighted by Gasteiger charge is 2.16. The highest BCUT2D eigenvalue weighted by Crippen LogP contribution is 2.28. The second-order valence-electron chi connectivity index (χ2n) is 6.55. The minimum atomic E-state index is 0.746. The van der Waals surface area contributed by atoms with Crippen molar-refractivity contribution in [2.24, 2.45) is 0 Å². The molecule has 0 unspecified atom stereocenters. The van der Waals surface area contributed by atoms with Crippen molar-refractivity contribution in [3.8, 4) is 0 Å². The number of pyridine rings is 1. The largest absolute Gasteiger partial charge is 0.378 e. The van der Waals surface area contributed by atoms with E-state index in [1.807, 2.05) is 12.1 Å². The highest BCUT2D eigenvalue weighted by molar-refractivity contribution is 7.19. The third kappa shape index (κ3) is 3.31. The van der Waals surface area contributed by atoms with Crippen molar-refractivity contribution in [3.05, 3.63) is 65.2 Å². The lowest BCUT2D eigenvalue weighted by atomic mass is 10.1. The van der Waals surface area contributed by atoms with Gasteiger partial charge in [0, 0.05) is 24.0 Å². The molecular formula is C22H19N3OS. The Morgan fingerprint density at radius 2 is 1.67 bits per heavy atom. The second kappa shape index (κ2) is 7.10. The maximum absolute atomic E-state index is 5.52. The van der Waals surface area contributed by atoms with Crippen molar-refractivity contribution in [2.45, 2.75) is 0 Å². The normalized spacial score (nSPS) is 15.2. The monoisotopic (exact) mass is 373 g/mol. The maximum Gasteiger partial charge on any atom is 0.136 e. The van der Waals surface area contributed by atoms with Crippen LogP contribution in [-0.2, 0) is 4.74 Å². The SMILES string of the molecule is C(=Cc1cc2ccccc2nc1N1CCOCC1)c1nc2ccccc2s1. The molecule has 4 aromatic rings. The summed E-state index contributed by atoms with van der Waals surface area (Å²) in [5.41, 5.74) is 3.19. The minimum Gasteiger partial charge on any atom is -0.378 e. The molecule has 0 amide bonds. The third-order valence-electron chi connectivity index (χ3n) is 4.76. The first-order valence-corrected chi connectivity index (χ1v) is 9.95. The van der Waals surface area contributed by atoms with Crippen molar-refractivity contribution in [3.63, 3.8) is 0 Å². The van der Waals surface area contributed by atoms with E-state index in [9.17, 15) is 0 Å². The summed E-state index contributed by atoms with van der Waals surface area (Å²) in [6.07, 6.45) is 4.24. The molecule has 4 nitrogen and oxygen atoms in total. The number of ether oxygens (including phenoxy) is 1. The van der Waals surface area contributed by atoms with Gasteiger partial charge in [0.15, 0.2) is 0 Å². The predicted octanol–water partition coefficient (Wildman–Crippen LogP) is 4.85. The number of anilines is 1. The van der Waals surface area contributed by atoms with Crippen LogP contribution in [0.4, 0.5) is 5.82 Å². The van der Waals surface area contributed by atoms with Crippen LogP contribution in [0, 0.1) is 0 Å². The van der Waals surface area contributed by atoms with E-state index < -0.39 is 0 Å².